The van der Waals surface area contributed by atoms with Gasteiger partial charge in [-0.3, -0.25) is 9.59 Å². The van der Waals surface area contributed by atoms with Gasteiger partial charge in [0.1, 0.15) is 12.4 Å². The molecule has 17 heavy (non-hydrogen) atoms. The second-order valence-electron chi connectivity index (χ2n) is 3.16. The van der Waals surface area contributed by atoms with Gasteiger partial charge in [0.2, 0.25) is 5.91 Å². The summed E-state index contributed by atoms with van der Waals surface area (Å²) in [6.07, 6.45) is 0.534. The third-order valence-electron chi connectivity index (χ3n) is 1.87. The third-order valence-corrected chi connectivity index (χ3v) is 1.87. The molecule has 7 heteroatoms. The fourth-order valence-electron chi connectivity index (χ4n) is 1.02. The number of amides is 2. The predicted molar refractivity (Wildman–Crippen MR) is 55.6 cm³/mol. The number of ether oxygens (including phenoxy) is 2. The van der Waals surface area contributed by atoms with Crippen LogP contribution in [0.25, 0.3) is 0 Å². The fraction of sp³-hybridized carbons (Fsp3) is 0.600. The van der Waals surface area contributed by atoms with Crippen LogP contribution in [0.5, 0.6) is 0 Å². The first-order valence-electron chi connectivity index (χ1n) is 4.91. The van der Waals surface area contributed by atoms with E-state index in [2.05, 4.69) is 9.47 Å². The lowest BCUT2D eigenvalue weighted by atomic mass is 10.3. The van der Waals surface area contributed by atoms with E-state index in [1.54, 1.807) is 0 Å². The van der Waals surface area contributed by atoms with Gasteiger partial charge in [-0.05, 0) is 6.92 Å². The Hall–Kier alpha value is -2.10. The predicted octanol–water partition coefficient (Wildman–Crippen LogP) is 0.448. The smallest absolute Gasteiger partial charge is 0.416 e. The maximum Gasteiger partial charge on any atom is 0.416 e. The second kappa shape index (κ2) is 8.10. The quantitative estimate of drug-likeness (QED) is 0.495. The molecule has 0 atom stereocenters. The molecule has 7 nitrogen and oxygen atoms in total. The molecule has 0 N–H and O–H groups in total. The minimum absolute atomic E-state index is 0.0343. The molecule has 0 radical (unpaired) electrons. The molecule has 0 bridgehead atoms. The van der Waals surface area contributed by atoms with Gasteiger partial charge >= 0.3 is 6.09 Å². The average molecular weight is 242 g/mol. The van der Waals surface area contributed by atoms with E-state index in [-0.39, 0.29) is 31.8 Å². The van der Waals surface area contributed by atoms with E-state index >= 15 is 0 Å². The molecule has 0 aliphatic heterocycles. The number of nitrogens with zero attached hydrogens (tertiary/aromatic N) is 2. The van der Waals surface area contributed by atoms with E-state index in [9.17, 15) is 14.4 Å². The number of imide groups is 1. The fourth-order valence-corrected chi connectivity index (χ4v) is 1.02. The first kappa shape index (κ1) is 14.9. The van der Waals surface area contributed by atoms with E-state index in [0.717, 1.165) is 12.0 Å². The van der Waals surface area contributed by atoms with Crippen molar-refractivity contribution in [2.24, 2.45) is 0 Å². The zero-order valence-electron chi connectivity index (χ0n) is 9.76. The Labute approximate surface area is 98.9 Å². The molecule has 2 amide bonds. The maximum atomic E-state index is 11.6. The van der Waals surface area contributed by atoms with Gasteiger partial charge in [0.25, 0.3) is 6.26 Å². The molecular weight excluding hydrogens is 228 g/mol. The first-order chi connectivity index (χ1) is 8.02. The van der Waals surface area contributed by atoms with Crippen molar-refractivity contribution in [3.63, 3.8) is 0 Å². The zero-order valence-corrected chi connectivity index (χ0v) is 9.76. The van der Waals surface area contributed by atoms with Crippen LogP contribution >= 0.6 is 0 Å². The van der Waals surface area contributed by atoms with Gasteiger partial charge in [-0.25, -0.2) is 9.69 Å². The highest BCUT2D eigenvalue weighted by molar-refractivity contribution is 5.92. The summed E-state index contributed by atoms with van der Waals surface area (Å²) in [5, 5.41) is 8.12. The summed E-state index contributed by atoms with van der Waals surface area (Å²) in [5.74, 6) is -0.687. The standard InChI is InChI=1S/C10H14N2O5/c1-8(13)3-5-12(10(15)16-2)9(14)4-6-17-7-11/h3-6H2,1-2H3. The molecule has 0 aliphatic rings. The third kappa shape index (κ3) is 6.14. The van der Waals surface area contributed by atoms with Crippen molar-refractivity contribution >= 4 is 17.8 Å². The van der Waals surface area contributed by atoms with Crippen LogP contribution in [0, 0.1) is 11.5 Å². The van der Waals surface area contributed by atoms with Crippen molar-refractivity contribution < 1.29 is 23.9 Å². The molecule has 0 aromatic heterocycles. The number of ketones is 1. The number of Topliss-reactive ketones (excluding diaryl/α,β-unsaturated/α-hetero) is 1. The molecule has 0 aromatic carbocycles. The monoisotopic (exact) mass is 242 g/mol. The Kier molecular flexibility index (Phi) is 7.10. The SMILES string of the molecule is COC(=O)N(CCC(C)=O)C(=O)CCOC#N. The molecule has 0 heterocycles. The Morgan fingerprint density at radius 1 is 1.29 bits per heavy atom. The summed E-state index contributed by atoms with van der Waals surface area (Å²) in [4.78, 5) is 34.4. The summed E-state index contributed by atoms with van der Waals surface area (Å²) in [7, 11) is 1.14. The number of carbonyl (C=O) groups is 3. The minimum atomic E-state index is -0.826. The van der Waals surface area contributed by atoms with Crippen molar-refractivity contribution in [3.05, 3.63) is 0 Å². The minimum Gasteiger partial charge on any atom is -0.452 e. The van der Waals surface area contributed by atoms with Crippen LogP contribution in [0.4, 0.5) is 4.79 Å². The van der Waals surface area contributed by atoms with E-state index in [1.165, 1.54) is 13.2 Å². The number of carbonyl (C=O) groups excluding carboxylic acids is 3. The summed E-state index contributed by atoms with van der Waals surface area (Å²) in [5.41, 5.74) is 0. The van der Waals surface area contributed by atoms with E-state index in [0.29, 0.717) is 0 Å². The molecule has 94 valence electrons. The highest BCUT2D eigenvalue weighted by Gasteiger charge is 2.21. The zero-order chi connectivity index (χ0) is 13.3. The van der Waals surface area contributed by atoms with Crippen molar-refractivity contribution in [2.75, 3.05) is 20.3 Å². The molecule has 0 aromatic rings. The Bertz CT molecular complexity index is 334. The van der Waals surface area contributed by atoms with Gasteiger partial charge < -0.3 is 9.47 Å². The van der Waals surface area contributed by atoms with Gasteiger partial charge in [-0.1, -0.05) is 0 Å². The van der Waals surface area contributed by atoms with Crippen LogP contribution < -0.4 is 0 Å². The van der Waals surface area contributed by atoms with E-state index in [4.69, 9.17) is 5.26 Å². The van der Waals surface area contributed by atoms with Crippen molar-refractivity contribution in [3.8, 4) is 6.26 Å². The normalized spacial score (nSPS) is 9.00. The van der Waals surface area contributed by atoms with Crippen molar-refractivity contribution in [2.45, 2.75) is 19.8 Å². The van der Waals surface area contributed by atoms with Crippen LogP contribution in [0.3, 0.4) is 0 Å². The van der Waals surface area contributed by atoms with Crippen LogP contribution in [0.2, 0.25) is 0 Å². The Balaban J connectivity index is 4.36. The second-order valence-corrected chi connectivity index (χ2v) is 3.16. The topological polar surface area (TPSA) is 96.7 Å². The maximum absolute atomic E-state index is 11.6. The molecule has 0 saturated carbocycles. The number of rotatable bonds is 6. The van der Waals surface area contributed by atoms with Crippen LogP contribution in [0.1, 0.15) is 19.8 Å². The largest absolute Gasteiger partial charge is 0.452 e. The molecule has 0 rings (SSSR count). The number of nitriles is 1. The Morgan fingerprint density at radius 2 is 1.94 bits per heavy atom. The molecule has 0 aliphatic carbocycles. The number of hydrogen-bond acceptors (Lipinski definition) is 6. The van der Waals surface area contributed by atoms with Gasteiger partial charge in [0, 0.05) is 13.0 Å². The molecule has 0 fully saturated rings. The van der Waals surface area contributed by atoms with E-state index < -0.39 is 12.0 Å². The van der Waals surface area contributed by atoms with Crippen molar-refractivity contribution in [1.82, 2.24) is 4.90 Å². The summed E-state index contributed by atoms with van der Waals surface area (Å²) >= 11 is 0. The van der Waals surface area contributed by atoms with Gasteiger partial charge in [0.15, 0.2) is 0 Å². The summed E-state index contributed by atoms with van der Waals surface area (Å²) in [6.45, 7) is 1.22. The first-order valence-corrected chi connectivity index (χ1v) is 4.91. The van der Waals surface area contributed by atoms with Gasteiger partial charge in [0.05, 0.1) is 13.5 Å². The lowest BCUT2D eigenvalue weighted by molar-refractivity contribution is -0.130. The lowest BCUT2D eigenvalue weighted by Gasteiger charge is -2.18. The average Bonchev–Trinajstić information content (AvgIpc) is 2.28. The highest BCUT2D eigenvalue weighted by atomic mass is 16.5. The van der Waals surface area contributed by atoms with Crippen LogP contribution in [-0.4, -0.2) is 42.9 Å². The van der Waals surface area contributed by atoms with Crippen LogP contribution in [0.15, 0.2) is 0 Å². The molecular formula is C10H14N2O5. The van der Waals surface area contributed by atoms with Crippen LogP contribution in [-0.2, 0) is 19.1 Å². The highest BCUT2D eigenvalue weighted by Crippen LogP contribution is 2.01. The van der Waals surface area contributed by atoms with Crippen molar-refractivity contribution in [1.29, 1.82) is 5.26 Å². The van der Waals surface area contributed by atoms with Gasteiger partial charge in [-0.15, -0.1) is 0 Å². The summed E-state index contributed by atoms with van der Waals surface area (Å²) in [6, 6.07) is 0. The lowest BCUT2D eigenvalue weighted by Crippen LogP contribution is -2.38. The van der Waals surface area contributed by atoms with E-state index in [1.807, 2.05) is 0 Å². The Morgan fingerprint density at radius 3 is 2.41 bits per heavy atom. The number of hydrogen-bond donors (Lipinski definition) is 0. The molecule has 0 unspecified atom stereocenters. The van der Waals surface area contributed by atoms with Gasteiger partial charge in [-0.2, -0.15) is 5.26 Å². The summed E-state index contributed by atoms with van der Waals surface area (Å²) < 4.78 is 8.75. The molecule has 0 spiro atoms. The number of methoxy groups -OCH3 is 1. The molecule has 0 saturated heterocycles.